The quantitative estimate of drug-likeness (QED) is 0.672. The Morgan fingerprint density at radius 3 is 2.63 bits per heavy atom. The summed E-state index contributed by atoms with van der Waals surface area (Å²) in [4.78, 5) is 19.7. The number of nitrogens with zero attached hydrogens (tertiary/aromatic N) is 4. The van der Waals surface area contributed by atoms with E-state index >= 15 is 0 Å². The molecule has 2 heterocycles. The predicted octanol–water partition coefficient (Wildman–Crippen LogP) is 1.00. The van der Waals surface area contributed by atoms with Crippen LogP contribution in [0.4, 0.5) is 10.6 Å². The largest absolute Gasteiger partial charge is 0.380 e. The molecule has 2 aromatic heterocycles. The first-order chi connectivity index (χ1) is 9.16. The molecule has 0 saturated carbocycles. The van der Waals surface area contributed by atoms with E-state index in [0.717, 1.165) is 10.2 Å². The van der Waals surface area contributed by atoms with E-state index in [1.165, 1.54) is 6.20 Å². The third-order valence-corrected chi connectivity index (χ3v) is 2.69. The molecule has 3 aromatic rings. The number of amides is 1. The van der Waals surface area contributed by atoms with Crippen molar-refractivity contribution in [3.8, 4) is 11.4 Å². The Kier molecular flexibility index (Phi) is 2.38. The zero-order valence-corrected chi connectivity index (χ0v) is 9.82. The number of anilines is 1. The molecule has 0 saturated heterocycles. The van der Waals surface area contributed by atoms with Crippen LogP contribution in [0.25, 0.3) is 22.4 Å². The van der Waals surface area contributed by atoms with Gasteiger partial charge in [-0.1, -0.05) is 30.3 Å². The minimum Gasteiger partial charge on any atom is -0.380 e. The Bertz CT molecular complexity index is 764. The Labute approximate surface area is 107 Å². The van der Waals surface area contributed by atoms with Crippen LogP contribution in [-0.4, -0.2) is 25.8 Å². The summed E-state index contributed by atoms with van der Waals surface area (Å²) in [5.41, 5.74) is 12.6. The summed E-state index contributed by atoms with van der Waals surface area (Å²) in [5, 5.41) is 3.84. The molecule has 7 nitrogen and oxygen atoms in total. The lowest BCUT2D eigenvalue weighted by atomic mass is 10.2. The normalized spacial score (nSPS) is 10.7. The molecule has 0 aliphatic heterocycles. The van der Waals surface area contributed by atoms with Crippen LogP contribution in [0.15, 0.2) is 36.5 Å². The van der Waals surface area contributed by atoms with Crippen LogP contribution in [0.1, 0.15) is 0 Å². The molecular formula is C12H10N6O. The second-order valence-electron chi connectivity index (χ2n) is 3.93. The first-order valence-corrected chi connectivity index (χ1v) is 5.53. The highest BCUT2D eigenvalue weighted by Gasteiger charge is 2.14. The summed E-state index contributed by atoms with van der Waals surface area (Å²) in [6, 6.07) is 8.73. The zero-order chi connectivity index (χ0) is 13.4. The molecule has 0 unspecified atom stereocenters. The highest BCUT2D eigenvalue weighted by atomic mass is 16.2. The van der Waals surface area contributed by atoms with Gasteiger partial charge in [-0.3, -0.25) is 0 Å². The van der Waals surface area contributed by atoms with Crippen LogP contribution in [0.2, 0.25) is 0 Å². The maximum atomic E-state index is 11.2. The fourth-order valence-corrected chi connectivity index (χ4v) is 1.82. The number of hydrogen-bond acceptors (Lipinski definition) is 5. The average Bonchev–Trinajstić information content (AvgIpc) is 2.77. The van der Waals surface area contributed by atoms with Gasteiger partial charge in [-0.25, -0.2) is 14.8 Å². The molecule has 0 spiro atoms. The van der Waals surface area contributed by atoms with Crippen molar-refractivity contribution < 1.29 is 4.79 Å². The number of hydrogen-bond donors (Lipinski definition) is 2. The van der Waals surface area contributed by atoms with E-state index in [1.54, 1.807) is 0 Å². The van der Waals surface area contributed by atoms with E-state index in [0.29, 0.717) is 16.9 Å². The molecule has 0 bridgehead atoms. The van der Waals surface area contributed by atoms with E-state index in [4.69, 9.17) is 11.5 Å². The lowest BCUT2D eigenvalue weighted by molar-refractivity contribution is 0.248. The monoisotopic (exact) mass is 254 g/mol. The van der Waals surface area contributed by atoms with Gasteiger partial charge in [0, 0.05) is 5.56 Å². The zero-order valence-electron chi connectivity index (χ0n) is 9.82. The Morgan fingerprint density at radius 2 is 1.95 bits per heavy atom. The number of primary amides is 1. The van der Waals surface area contributed by atoms with Gasteiger partial charge in [0.1, 0.15) is 11.0 Å². The molecule has 0 fully saturated rings. The predicted molar refractivity (Wildman–Crippen MR) is 70.2 cm³/mol. The molecule has 1 aromatic carbocycles. The average molecular weight is 254 g/mol. The van der Waals surface area contributed by atoms with Gasteiger partial charge in [-0.05, 0) is 0 Å². The maximum absolute atomic E-state index is 11.2. The fraction of sp³-hybridized carbons (Fsp3) is 0. The van der Waals surface area contributed by atoms with E-state index in [1.807, 2.05) is 30.3 Å². The van der Waals surface area contributed by atoms with Crippen molar-refractivity contribution in [2.24, 2.45) is 5.73 Å². The van der Waals surface area contributed by atoms with Crippen LogP contribution in [0.5, 0.6) is 0 Å². The van der Waals surface area contributed by atoms with Crippen molar-refractivity contribution in [2.75, 3.05) is 5.73 Å². The molecule has 7 heteroatoms. The first-order valence-electron chi connectivity index (χ1n) is 5.53. The summed E-state index contributed by atoms with van der Waals surface area (Å²) in [6.07, 6.45) is 1.48. The number of rotatable bonds is 1. The highest BCUT2D eigenvalue weighted by molar-refractivity contribution is 5.93. The minimum absolute atomic E-state index is 0.147. The molecule has 0 aliphatic carbocycles. The van der Waals surface area contributed by atoms with E-state index in [2.05, 4.69) is 15.1 Å². The van der Waals surface area contributed by atoms with Crippen molar-refractivity contribution in [3.05, 3.63) is 36.5 Å². The van der Waals surface area contributed by atoms with Gasteiger partial charge in [-0.2, -0.15) is 4.68 Å². The number of nitrogens with two attached hydrogens (primary N) is 2. The molecule has 4 N–H and O–H groups in total. The van der Waals surface area contributed by atoms with Gasteiger partial charge in [0.15, 0.2) is 11.6 Å². The first kappa shape index (κ1) is 11.1. The molecule has 1 amide bonds. The number of fused-ring (bicyclic) bond motifs is 1. The van der Waals surface area contributed by atoms with E-state index < -0.39 is 6.03 Å². The van der Waals surface area contributed by atoms with Gasteiger partial charge in [0.05, 0.1) is 6.20 Å². The van der Waals surface area contributed by atoms with E-state index in [-0.39, 0.29) is 5.82 Å². The van der Waals surface area contributed by atoms with Gasteiger partial charge in [-0.15, -0.1) is 5.10 Å². The summed E-state index contributed by atoms with van der Waals surface area (Å²) in [5.74, 6) is 0.664. The van der Waals surface area contributed by atoms with Crippen molar-refractivity contribution in [2.45, 2.75) is 0 Å². The third-order valence-electron chi connectivity index (χ3n) is 2.69. The van der Waals surface area contributed by atoms with Crippen molar-refractivity contribution in [3.63, 3.8) is 0 Å². The second-order valence-corrected chi connectivity index (χ2v) is 3.93. The number of benzene rings is 1. The third kappa shape index (κ3) is 1.77. The van der Waals surface area contributed by atoms with Crippen LogP contribution >= 0.6 is 0 Å². The molecule has 94 valence electrons. The topological polar surface area (TPSA) is 113 Å². The highest BCUT2D eigenvalue weighted by Crippen LogP contribution is 2.21. The Morgan fingerprint density at radius 1 is 1.21 bits per heavy atom. The number of carbonyl (C=O) groups excluding carboxylic acids is 1. The van der Waals surface area contributed by atoms with Crippen molar-refractivity contribution in [1.82, 2.24) is 19.7 Å². The lowest BCUT2D eigenvalue weighted by Crippen LogP contribution is -2.20. The summed E-state index contributed by atoms with van der Waals surface area (Å²) >= 11 is 0. The SMILES string of the molecule is NC(=O)n1nc(N)c2nc(-c3ccccc3)ncc21. The van der Waals surface area contributed by atoms with Crippen LogP contribution in [0, 0.1) is 0 Å². The van der Waals surface area contributed by atoms with Gasteiger partial charge >= 0.3 is 6.03 Å². The fourth-order valence-electron chi connectivity index (χ4n) is 1.82. The van der Waals surface area contributed by atoms with Gasteiger partial charge < -0.3 is 11.5 Å². The minimum atomic E-state index is -0.724. The maximum Gasteiger partial charge on any atom is 0.340 e. The van der Waals surface area contributed by atoms with Crippen LogP contribution in [0.3, 0.4) is 0 Å². The molecule has 0 aliphatic rings. The molecule has 0 radical (unpaired) electrons. The van der Waals surface area contributed by atoms with Crippen LogP contribution in [-0.2, 0) is 0 Å². The van der Waals surface area contributed by atoms with Crippen molar-refractivity contribution in [1.29, 1.82) is 0 Å². The number of carbonyl (C=O) groups is 1. The Hall–Kier alpha value is -2.96. The number of aromatic nitrogens is 4. The summed E-state index contributed by atoms with van der Waals surface area (Å²) in [6.45, 7) is 0. The molecule has 3 rings (SSSR count). The number of nitrogen functional groups attached to an aromatic ring is 1. The smallest absolute Gasteiger partial charge is 0.340 e. The summed E-state index contributed by atoms with van der Waals surface area (Å²) in [7, 11) is 0. The lowest BCUT2D eigenvalue weighted by Gasteiger charge is -2.00. The summed E-state index contributed by atoms with van der Waals surface area (Å²) < 4.78 is 0.986. The molecule has 0 atom stereocenters. The van der Waals surface area contributed by atoms with E-state index in [9.17, 15) is 4.79 Å². The van der Waals surface area contributed by atoms with Gasteiger partial charge in [0.2, 0.25) is 0 Å². The molecule has 19 heavy (non-hydrogen) atoms. The van der Waals surface area contributed by atoms with Gasteiger partial charge in [0.25, 0.3) is 0 Å². The second kappa shape index (κ2) is 4.05. The van der Waals surface area contributed by atoms with Crippen LogP contribution < -0.4 is 11.5 Å². The standard InChI is InChI=1S/C12H10N6O/c13-10-9-8(18(17-10)12(14)19)6-15-11(16-9)7-4-2-1-3-5-7/h1-6H,(H2,13,17)(H2,14,19). The van der Waals surface area contributed by atoms with Crippen molar-refractivity contribution >= 4 is 22.9 Å². The molecular weight excluding hydrogens is 244 g/mol. The Balaban J connectivity index is 2.22.